The molecule has 1 aromatic rings. The standard InChI is InChI=1S/C14H18F3N3/c1-9(2)13(3,8-19)20-11-5-4-10(7-18)12(6-11)14(15,16)17/h4-6,9,20H,8,19H2,1-3H3. The van der Waals surface area contributed by atoms with Crippen molar-refractivity contribution in [3.63, 3.8) is 0 Å². The maximum absolute atomic E-state index is 12.9. The number of hydrogen-bond donors (Lipinski definition) is 2. The average molecular weight is 285 g/mol. The van der Waals surface area contributed by atoms with Crippen molar-refractivity contribution in [2.24, 2.45) is 11.7 Å². The molecular formula is C14H18F3N3. The number of anilines is 1. The van der Waals surface area contributed by atoms with Crippen molar-refractivity contribution in [1.82, 2.24) is 0 Å². The Morgan fingerprint density at radius 3 is 2.35 bits per heavy atom. The lowest BCUT2D eigenvalue weighted by molar-refractivity contribution is -0.137. The number of nitrogens with two attached hydrogens (primary N) is 1. The monoisotopic (exact) mass is 285 g/mol. The first-order valence-corrected chi connectivity index (χ1v) is 6.23. The van der Waals surface area contributed by atoms with E-state index in [9.17, 15) is 13.2 Å². The zero-order valence-electron chi connectivity index (χ0n) is 11.7. The van der Waals surface area contributed by atoms with Crippen molar-refractivity contribution >= 4 is 5.69 Å². The summed E-state index contributed by atoms with van der Waals surface area (Å²) >= 11 is 0. The minimum atomic E-state index is -4.56. The van der Waals surface area contributed by atoms with E-state index in [-0.39, 0.29) is 18.0 Å². The first-order chi connectivity index (χ1) is 9.14. The van der Waals surface area contributed by atoms with Crippen LogP contribution >= 0.6 is 0 Å². The molecule has 0 saturated heterocycles. The Morgan fingerprint density at radius 2 is 1.95 bits per heavy atom. The van der Waals surface area contributed by atoms with Gasteiger partial charge in [0.1, 0.15) is 0 Å². The van der Waals surface area contributed by atoms with Gasteiger partial charge in [-0.1, -0.05) is 13.8 Å². The molecule has 1 unspecified atom stereocenters. The highest BCUT2D eigenvalue weighted by molar-refractivity contribution is 5.54. The molecule has 1 rings (SSSR count). The van der Waals surface area contributed by atoms with Gasteiger partial charge in [-0.2, -0.15) is 18.4 Å². The summed E-state index contributed by atoms with van der Waals surface area (Å²) in [5.41, 5.74) is 4.16. The van der Waals surface area contributed by atoms with Crippen molar-refractivity contribution in [3.8, 4) is 6.07 Å². The number of rotatable bonds is 4. The molecule has 0 radical (unpaired) electrons. The van der Waals surface area contributed by atoms with E-state index in [0.717, 1.165) is 6.07 Å². The number of nitrogens with one attached hydrogen (secondary N) is 1. The van der Waals surface area contributed by atoms with Crippen molar-refractivity contribution < 1.29 is 13.2 Å². The fourth-order valence-electron chi connectivity index (χ4n) is 1.71. The summed E-state index contributed by atoms with van der Waals surface area (Å²) < 4.78 is 38.7. The van der Waals surface area contributed by atoms with Gasteiger partial charge in [-0.25, -0.2) is 0 Å². The van der Waals surface area contributed by atoms with Crippen LogP contribution in [0.5, 0.6) is 0 Å². The quantitative estimate of drug-likeness (QED) is 0.891. The van der Waals surface area contributed by atoms with Crippen LogP contribution in [0, 0.1) is 17.2 Å². The molecule has 0 aliphatic carbocycles. The van der Waals surface area contributed by atoms with Gasteiger partial charge < -0.3 is 11.1 Å². The van der Waals surface area contributed by atoms with E-state index in [0.29, 0.717) is 5.69 Å². The van der Waals surface area contributed by atoms with Gasteiger partial charge in [-0.3, -0.25) is 0 Å². The third-order valence-corrected chi connectivity index (χ3v) is 3.57. The van der Waals surface area contributed by atoms with Crippen LogP contribution in [0.2, 0.25) is 0 Å². The Morgan fingerprint density at radius 1 is 1.35 bits per heavy atom. The molecular weight excluding hydrogens is 267 g/mol. The van der Waals surface area contributed by atoms with E-state index in [1.54, 1.807) is 6.07 Å². The predicted octanol–water partition coefficient (Wildman–Crippen LogP) is 3.36. The van der Waals surface area contributed by atoms with Crippen molar-refractivity contribution in [2.75, 3.05) is 11.9 Å². The Kier molecular flexibility index (Phi) is 4.66. The highest BCUT2D eigenvalue weighted by Gasteiger charge is 2.34. The molecule has 110 valence electrons. The van der Waals surface area contributed by atoms with Crippen molar-refractivity contribution in [1.29, 1.82) is 5.26 Å². The van der Waals surface area contributed by atoms with Crippen LogP contribution in [-0.4, -0.2) is 12.1 Å². The van der Waals surface area contributed by atoms with E-state index in [1.807, 2.05) is 20.8 Å². The Labute approximate surface area is 116 Å². The minimum absolute atomic E-state index is 0.137. The largest absolute Gasteiger partial charge is 0.417 e. The highest BCUT2D eigenvalue weighted by atomic mass is 19.4. The first-order valence-electron chi connectivity index (χ1n) is 6.23. The highest BCUT2D eigenvalue weighted by Crippen LogP contribution is 2.34. The molecule has 0 aliphatic rings. The van der Waals surface area contributed by atoms with E-state index >= 15 is 0 Å². The summed E-state index contributed by atoms with van der Waals surface area (Å²) in [5.74, 6) is 0.137. The van der Waals surface area contributed by atoms with E-state index in [4.69, 9.17) is 11.0 Å². The fraction of sp³-hybridized carbons (Fsp3) is 0.500. The van der Waals surface area contributed by atoms with Crippen LogP contribution in [0.25, 0.3) is 0 Å². The van der Waals surface area contributed by atoms with Gasteiger partial charge in [0.05, 0.1) is 17.2 Å². The summed E-state index contributed by atoms with van der Waals surface area (Å²) in [6, 6.07) is 5.14. The van der Waals surface area contributed by atoms with Gasteiger partial charge >= 0.3 is 6.18 Å². The zero-order chi connectivity index (χ0) is 15.6. The first kappa shape index (κ1) is 16.3. The second-order valence-electron chi connectivity index (χ2n) is 5.27. The summed E-state index contributed by atoms with van der Waals surface area (Å²) in [6.45, 7) is 6.01. The predicted molar refractivity (Wildman–Crippen MR) is 72.1 cm³/mol. The van der Waals surface area contributed by atoms with Gasteiger partial charge in [-0.15, -0.1) is 0 Å². The lowest BCUT2D eigenvalue weighted by atomic mass is 9.88. The van der Waals surface area contributed by atoms with Crippen LogP contribution in [0.1, 0.15) is 31.9 Å². The second kappa shape index (κ2) is 5.71. The van der Waals surface area contributed by atoms with Crippen molar-refractivity contribution in [2.45, 2.75) is 32.5 Å². The molecule has 0 saturated carbocycles. The average Bonchev–Trinajstić information content (AvgIpc) is 2.37. The molecule has 3 nitrogen and oxygen atoms in total. The molecule has 6 heteroatoms. The van der Waals surface area contributed by atoms with E-state index in [1.165, 1.54) is 12.1 Å². The van der Waals surface area contributed by atoms with E-state index in [2.05, 4.69) is 5.32 Å². The maximum atomic E-state index is 12.9. The SMILES string of the molecule is CC(C)C(C)(CN)Nc1ccc(C#N)c(C(F)(F)F)c1. The summed E-state index contributed by atoms with van der Waals surface area (Å²) in [6.07, 6.45) is -4.56. The van der Waals surface area contributed by atoms with Gasteiger partial charge in [-0.05, 0) is 31.0 Å². The second-order valence-corrected chi connectivity index (χ2v) is 5.27. The molecule has 0 fully saturated rings. The normalized spacial score (nSPS) is 14.8. The molecule has 0 aromatic heterocycles. The van der Waals surface area contributed by atoms with Crippen LogP contribution in [0.15, 0.2) is 18.2 Å². The Bertz CT molecular complexity index is 517. The topological polar surface area (TPSA) is 61.8 Å². The van der Waals surface area contributed by atoms with Crippen LogP contribution < -0.4 is 11.1 Å². The smallest absolute Gasteiger partial charge is 0.378 e. The van der Waals surface area contributed by atoms with Crippen LogP contribution in [0.4, 0.5) is 18.9 Å². The number of alkyl halides is 3. The number of nitrogens with zero attached hydrogens (tertiary/aromatic N) is 1. The molecule has 0 bridgehead atoms. The molecule has 0 aliphatic heterocycles. The molecule has 3 N–H and O–H groups in total. The lowest BCUT2D eigenvalue weighted by Gasteiger charge is -2.35. The summed E-state index contributed by atoms with van der Waals surface area (Å²) in [7, 11) is 0. The van der Waals surface area contributed by atoms with Crippen LogP contribution in [-0.2, 0) is 6.18 Å². The number of halogens is 3. The number of benzene rings is 1. The summed E-state index contributed by atoms with van der Waals surface area (Å²) in [4.78, 5) is 0. The minimum Gasteiger partial charge on any atom is -0.378 e. The van der Waals surface area contributed by atoms with Gasteiger partial charge in [0.15, 0.2) is 0 Å². The Hall–Kier alpha value is -1.74. The molecule has 1 atom stereocenters. The van der Waals surface area contributed by atoms with E-state index < -0.39 is 17.3 Å². The van der Waals surface area contributed by atoms with Crippen molar-refractivity contribution in [3.05, 3.63) is 29.3 Å². The van der Waals surface area contributed by atoms with Gasteiger partial charge in [0.25, 0.3) is 0 Å². The number of hydrogen-bond acceptors (Lipinski definition) is 3. The molecule has 0 spiro atoms. The third kappa shape index (κ3) is 3.42. The Balaban J connectivity index is 3.20. The third-order valence-electron chi connectivity index (χ3n) is 3.57. The van der Waals surface area contributed by atoms with Crippen LogP contribution in [0.3, 0.4) is 0 Å². The molecule has 0 heterocycles. The van der Waals surface area contributed by atoms with Gasteiger partial charge in [0, 0.05) is 17.8 Å². The lowest BCUT2D eigenvalue weighted by Crippen LogP contribution is -2.47. The zero-order valence-corrected chi connectivity index (χ0v) is 11.7. The fourth-order valence-corrected chi connectivity index (χ4v) is 1.71. The molecule has 20 heavy (non-hydrogen) atoms. The van der Waals surface area contributed by atoms with Gasteiger partial charge in [0.2, 0.25) is 0 Å². The molecule has 0 amide bonds. The number of nitriles is 1. The maximum Gasteiger partial charge on any atom is 0.417 e. The summed E-state index contributed by atoms with van der Waals surface area (Å²) in [5, 5.41) is 11.8. The molecule has 1 aromatic carbocycles.